The summed E-state index contributed by atoms with van der Waals surface area (Å²) in [6.45, 7) is 0.473. The normalized spacial score (nSPS) is 10.5. The van der Waals surface area contributed by atoms with Gasteiger partial charge < -0.3 is 10.5 Å². The molecule has 0 fully saturated rings. The van der Waals surface area contributed by atoms with Crippen molar-refractivity contribution in [3.8, 4) is 5.75 Å². The van der Waals surface area contributed by atoms with Crippen molar-refractivity contribution in [2.24, 2.45) is 5.73 Å². The number of pyridine rings is 1. The second kappa shape index (κ2) is 5.89. The zero-order valence-electron chi connectivity index (χ0n) is 11.3. The van der Waals surface area contributed by atoms with Crippen molar-refractivity contribution in [2.45, 2.75) is 6.61 Å². The summed E-state index contributed by atoms with van der Waals surface area (Å²) in [6.07, 6.45) is 1.79. The fourth-order valence-electron chi connectivity index (χ4n) is 2.16. The molecule has 3 aromatic rings. The fraction of sp³-hybridized carbons (Fsp3) is 0.0588. The lowest BCUT2D eigenvalue weighted by atomic mass is 10.1. The van der Waals surface area contributed by atoms with Crippen molar-refractivity contribution < 1.29 is 4.74 Å². The minimum atomic E-state index is 0.389. The smallest absolute Gasteiger partial charge is 0.119 e. The highest BCUT2D eigenvalue weighted by molar-refractivity contribution is 7.80. The number of fused-ring (bicyclic) bond motifs is 1. The summed E-state index contributed by atoms with van der Waals surface area (Å²) in [6, 6.07) is 17.5. The number of thiocarbonyl (C=S) groups is 1. The van der Waals surface area contributed by atoms with Crippen LogP contribution in [-0.4, -0.2) is 9.97 Å². The van der Waals surface area contributed by atoms with Crippen LogP contribution in [0.1, 0.15) is 11.1 Å². The molecule has 2 aromatic carbocycles. The molecular weight excluding hydrogens is 280 g/mol. The summed E-state index contributed by atoms with van der Waals surface area (Å²) in [5.41, 5.74) is 8.44. The number of aromatic nitrogens is 1. The van der Waals surface area contributed by atoms with Crippen LogP contribution in [-0.2, 0) is 6.61 Å². The maximum atomic E-state index is 5.81. The van der Waals surface area contributed by atoms with E-state index in [1.54, 1.807) is 6.20 Å². The van der Waals surface area contributed by atoms with Gasteiger partial charge in [-0.2, -0.15) is 0 Å². The van der Waals surface area contributed by atoms with Gasteiger partial charge in [0.1, 0.15) is 17.3 Å². The average Bonchev–Trinajstić information content (AvgIpc) is 2.53. The molecule has 0 aliphatic rings. The molecule has 0 bridgehead atoms. The lowest BCUT2D eigenvalue weighted by molar-refractivity contribution is 0.307. The van der Waals surface area contributed by atoms with Gasteiger partial charge in [-0.05, 0) is 30.3 Å². The Hall–Kier alpha value is -2.46. The molecule has 0 saturated heterocycles. The van der Waals surface area contributed by atoms with E-state index in [1.165, 1.54) is 0 Å². The standard InChI is InChI=1S/C17H14N2OS/c18-17(21)13-6-8-15(9-7-13)20-11-14-4-1-3-12-5-2-10-19-16(12)14/h1-10H,11H2,(H2,18,21). The van der Waals surface area contributed by atoms with Crippen molar-refractivity contribution in [1.82, 2.24) is 4.98 Å². The van der Waals surface area contributed by atoms with E-state index in [0.29, 0.717) is 11.6 Å². The molecule has 1 heterocycles. The third kappa shape index (κ3) is 3.01. The van der Waals surface area contributed by atoms with E-state index >= 15 is 0 Å². The monoisotopic (exact) mass is 294 g/mol. The van der Waals surface area contributed by atoms with Crippen LogP contribution in [0.2, 0.25) is 0 Å². The molecule has 0 aliphatic carbocycles. The number of benzene rings is 2. The number of nitrogens with two attached hydrogens (primary N) is 1. The average molecular weight is 294 g/mol. The van der Waals surface area contributed by atoms with Crippen LogP contribution in [0.15, 0.2) is 60.8 Å². The molecule has 3 nitrogen and oxygen atoms in total. The van der Waals surface area contributed by atoms with E-state index in [9.17, 15) is 0 Å². The largest absolute Gasteiger partial charge is 0.489 e. The predicted molar refractivity (Wildman–Crippen MR) is 88.4 cm³/mol. The molecule has 4 heteroatoms. The highest BCUT2D eigenvalue weighted by atomic mass is 32.1. The Morgan fingerprint density at radius 2 is 1.81 bits per heavy atom. The quantitative estimate of drug-likeness (QED) is 0.749. The molecule has 1 aromatic heterocycles. The maximum absolute atomic E-state index is 5.81. The zero-order chi connectivity index (χ0) is 14.7. The molecule has 2 N–H and O–H groups in total. The maximum Gasteiger partial charge on any atom is 0.119 e. The summed E-state index contributed by atoms with van der Waals surface area (Å²) in [4.78, 5) is 4.81. The Morgan fingerprint density at radius 1 is 1.05 bits per heavy atom. The molecule has 0 atom stereocenters. The van der Waals surface area contributed by atoms with E-state index in [1.807, 2.05) is 54.6 Å². The van der Waals surface area contributed by atoms with Crippen LogP contribution in [0.25, 0.3) is 10.9 Å². The first-order valence-corrected chi connectivity index (χ1v) is 7.00. The van der Waals surface area contributed by atoms with Crippen LogP contribution in [0.5, 0.6) is 5.75 Å². The van der Waals surface area contributed by atoms with Crippen LogP contribution < -0.4 is 10.5 Å². The summed E-state index contributed by atoms with van der Waals surface area (Å²) < 4.78 is 5.81. The van der Waals surface area contributed by atoms with Crippen LogP contribution in [0.3, 0.4) is 0 Å². The molecule has 0 amide bonds. The molecule has 3 rings (SSSR count). The molecule has 0 aliphatic heterocycles. The van der Waals surface area contributed by atoms with Crippen LogP contribution in [0.4, 0.5) is 0 Å². The third-order valence-electron chi connectivity index (χ3n) is 3.25. The summed E-state index contributed by atoms with van der Waals surface area (Å²) >= 11 is 4.93. The van der Waals surface area contributed by atoms with Gasteiger partial charge >= 0.3 is 0 Å². The number of ether oxygens (including phenoxy) is 1. The number of hydrogen-bond donors (Lipinski definition) is 1. The van der Waals surface area contributed by atoms with Gasteiger partial charge in [-0.25, -0.2) is 0 Å². The molecule has 0 spiro atoms. The number of hydrogen-bond acceptors (Lipinski definition) is 3. The highest BCUT2D eigenvalue weighted by Gasteiger charge is 2.03. The Balaban J connectivity index is 1.79. The van der Waals surface area contributed by atoms with Gasteiger partial charge in [0.25, 0.3) is 0 Å². The molecule has 0 radical (unpaired) electrons. The predicted octanol–water partition coefficient (Wildman–Crippen LogP) is 3.45. The number of nitrogens with zero attached hydrogens (tertiary/aromatic N) is 1. The topological polar surface area (TPSA) is 48.1 Å². The molecule has 0 saturated carbocycles. The summed E-state index contributed by atoms with van der Waals surface area (Å²) in [7, 11) is 0. The summed E-state index contributed by atoms with van der Waals surface area (Å²) in [5.74, 6) is 0.780. The second-order valence-electron chi connectivity index (χ2n) is 4.67. The van der Waals surface area contributed by atoms with Gasteiger partial charge in [0.2, 0.25) is 0 Å². The highest BCUT2D eigenvalue weighted by Crippen LogP contribution is 2.19. The molecule has 21 heavy (non-hydrogen) atoms. The van der Waals surface area contributed by atoms with E-state index in [4.69, 9.17) is 22.7 Å². The minimum absolute atomic E-state index is 0.389. The Labute approximate surface area is 128 Å². The Bertz CT molecular complexity index is 779. The van der Waals surface area contributed by atoms with E-state index in [-0.39, 0.29) is 0 Å². The van der Waals surface area contributed by atoms with E-state index in [0.717, 1.165) is 27.8 Å². The second-order valence-corrected chi connectivity index (χ2v) is 5.11. The van der Waals surface area contributed by atoms with E-state index in [2.05, 4.69) is 4.98 Å². The third-order valence-corrected chi connectivity index (χ3v) is 3.49. The molecule has 0 unspecified atom stereocenters. The fourth-order valence-corrected chi connectivity index (χ4v) is 2.30. The molecule has 104 valence electrons. The van der Waals surface area contributed by atoms with Crippen molar-refractivity contribution in [3.63, 3.8) is 0 Å². The van der Waals surface area contributed by atoms with Gasteiger partial charge in [0.05, 0.1) is 5.52 Å². The van der Waals surface area contributed by atoms with Crippen LogP contribution in [0, 0.1) is 0 Å². The zero-order valence-corrected chi connectivity index (χ0v) is 12.1. The summed E-state index contributed by atoms with van der Waals surface area (Å²) in [5, 5.41) is 1.11. The number of rotatable bonds is 4. The first kappa shape index (κ1) is 13.5. The van der Waals surface area contributed by atoms with Gasteiger partial charge in [-0.3, -0.25) is 4.98 Å². The number of para-hydroxylation sites is 1. The van der Waals surface area contributed by atoms with E-state index < -0.39 is 0 Å². The Kier molecular flexibility index (Phi) is 3.79. The molecular formula is C17H14N2OS. The first-order valence-electron chi connectivity index (χ1n) is 6.59. The lowest BCUT2D eigenvalue weighted by Gasteiger charge is -2.09. The lowest BCUT2D eigenvalue weighted by Crippen LogP contribution is -2.08. The SMILES string of the molecule is NC(=S)c1ccc(OCc2cccc3cccnc23)cc1. The van der Waals surface area contributed by atoms with Crippen molar-refractivity contribution >= 4 is 28.1 Å². The minimum Gasteiger partial charge on any atom is -0.489 e. The van der Waals surface area contributed by atoms with Gasteiger partial charge in [0.15, 0.2) is 0 Å². The van der Waals surface area contributed by atoms with Gasteiger partial charge in [-0.1, -0.05) is 36.5 Å². The van der Waals surface area contributed by atoms with Crippen molar-refractivity contribution in [1.29, 1.82) is 0 Å². The van der Waals surface area contributed by atoms with Gasteiger partial charge in [-0.15, -0.1) is 0 Å². The van der Waals surface area contributed by atoms with Crippen molar-refractivity contribution in [2.75, 3.05) is 0 Å². The Morgan fingerprint density at radius 3 is 2.57 bits per heavy atom. The van der Waals surface area contributed by atoms with Gasteiger partial charge in [0, 0.05) is 22.7 Å². The first-order chi connectivity index (χ1) is 10.2. The van der Waals surface area contributed by atoms with Crippen molar-refractivity contribution in [3.05, 3.63) is 71.9 Å². The van der Waals surface area contributed by atoms with Crippen LogP contribution >= 0.6 is 12.2 Å².